The average Bonchev–Trinajstić information content (AvgIpc) is 3.04. The van der Waals surface area contributed by atoms with E-state index in [1.807, 2.05) is 43.3 Å². The Morgan fingerprint density at radius 1 is 1.12 bits per heavy atom. The van der Waals surface area contributed by atoms with E-state index < -0.39 is 17.7 Å². The Morgan fingerprint density at radius 2 is 1.85 bits per heavy atom. The third kappa shape index (κ3) is 5.95. The molecule has 0 radical (unpaired) electrons. The maximum Gasteiger partial charge on any atom is 0.295 e. The Labute approximate surface area is 200 Å². The SMILES string of the molecule is CCCCOc1cccc(C2/C(=C(\O)c3ccc(Cl)cc3)C(=O)C(=O)N2CCCN(C)C)c1. The van der Waals surface area contributed by atoms with Crippen LogP contribution in [0.25, 0.3) is 5.76 Å². The number of unbranched alkanes of at least 4 members (excludes halogenated alkanes) is 1. The number of Topliss-reactive ketones (excluding diaryl/α,β-unsaturated/α-hetero) is 1. The summed E-state index contributed by atoms with van der Waals surface area (Å²) in [5.41, 5.74) is 1.24. The van der Waals surface area contributed by atoms with Crippen LogP contribution >= 0.6 is 11.6 Å². The molecule has 7 heteroatoms. The van der Waals surface area contributed by atoms with Gasteiger partial charge in [0.25, 0.3) is 11.7 Å². The summed E-state index contributed by atoms with van der Waals surface area (Å²) in [6, 6.07) is 13.3. The van der Waals surface area contributed by atoms with Gasteiger partial charge in [0, 0.05) is 17.1 Å². The molecule has 1 N–H and O–H groups in total. The van der Waals surface area contributed by atoms with Crippen molar-refractivity contribution in [3.8, 4) is 5.75 Å². The van der Waals surface area contributed by atoms with Gasteiger partial charge in [0.1, 0.15) is 11.5 Å². The van der Waals surface area contributed by atoms with Crippen LogP contribution in [0, 0.1) is 0 Å². The standard InChI is InChI=1S/C26H31ClN2O4/c1-4-5-16-33-21-9-6-8-19(17-21)23-22(24(30)18-10-12-20(27)13-11-18)25(31)26(32)29(23)15-7-14-28(2)3/h6,8-13,17,23,30H,4-5,7,14-16H2,1-3H3/b24-22+. The molecule has 33 heavy (non-hydrogen) atoms. The zero-order valence-electron chi connectivity index (χ0n) is 19.4. The van der Waals surface area contributed by atoms with Crippen LogP contribution in [0.3, 0.4) is 0 Å². The number of ether oxygens (including phenoxy) is 1. The molecule has 1 aliphatic heterocycles. The molecule has 1 heterocycles. The van der Waals surface area contributed by atoms with E-state index in [9.17, 15) is 14.7 Å². The Balaban J connectivity index is 2.04. The molecule has 2 aromatic rings. The molecule has 176 valence electrons. The quantitative estimate of drug-likeness (QED) is 0.231. The predicted octanol–water partition coefficient (Wildman–Crippen LogP) is 4.89. The van der Waals surface area contributed by atoms with Crippen LogP contribution in [0.5, 0.6) is 5.75 Å². The molecule has 1 saturated heterocycles. The van der Waals surface area contributed by atoms with Gasteiger partial charge >= 0.3 is 0 Å². The van der Waals surface area contributed by atoms with Crippen LogP contribution in [0.2, 0.25) is 5.02 Å². The van der Waals surface area contributed by atoms with Crippen molar-refractivity contribution >= 4 is 29.1 Å². The first kappa shape index (κ1) is 24.8. The lowest BCUT2D eigenvalue weighted by molar-refractivity contribution is -0.139. The van der Waals surface area contributed by atoms with Gasteiger partial charge in [-0.25, -0.2) is 0 Å². The van der Waals surface area contributed by atoms with Crippen LogP contribution in [0.15, 0.2) is 54.1 Å². The number of aliphatic hydroxyl groups is 1. The first-order valence-corrected chi connectivity index (χ1v) is 11.6. The lowest BCUT2D eigenvalue weighted by Crippen LogP contribution is -2.32. The topological polar surface area (TPSA) is 70.1 Å². The van der Waals surface area contributed by atoms with Crippen molar-refractivity contribution in [1.29, 1.82) is 0 Å². The minimum atomic E-state index is -0.697. The molecule has 3 rings (SSSR count). The van der Waals surface area contributed by atoms with E-state index in [1.165, 1.54) is 0 Å². The fourth-order valence-electron chi connectivity index (χ4n) is 3.89. The summed E-state index contributed by atoms with van der Waals surface area (Å²) in [4.78, 5) is 29.7. The number of benzene rings is 2. The molecule has 0 spiro atoms. The monoisotopic (exact) mass is 470 g/mol. The predicted molar refractivity (Wildman–Crippen MR) is 130 cm³/mol. The number of likely N-dealkylation sites (tertiary alicyclic amines) is 1. The van der Waals surface area contributed by atoms with Crippen LogP contribution < -0.4 is 4.74 Å². The lowest BCUT2D eigenvalue weighted by Gasteiger charge is -2.26. The van der Waals surface area contributed by atoms with Crippen molar-refractivity contribution in [1.82, 2.24) is 9.80 Å². The molecule has 0 bridgehead atoms. The van der Waals surface area contributed by atoms with Crippen molar-refractivity contribution < 1.29 is 19.4 Å². The number of nitrogens with zero attached hydrogens (tertiary/aromatic N) is 2. The van der Waals surface area contributed by atoms with E-state index in [2.05, 4.69) is 6.92 Å². The smallest absolute Gasteiger partial charge is 0.295 e. The molecule has 1 aliphatic rings. The van der Waals surface area contributed by atoms with E-state index >= 15 is 0 Å². The second kappa shape index (κ2) is 11.3. The average molecular weight is 471 g/mol. The number of rotatable bonds is 10. The second-order valence-corrected chi connectivity index (χ2v) is 8.87. The van der Waals surface area contributed by atoms with Crippen molar-refractivity contribution in [2.75, 3.05) is 33.8 Å². The fraction of sp³-hybridized carbons (Fsp3) is 0.385. The molecule has 1 atom stereocenters. The third-order valence-electron chi connectivity index (χ3n) is 5.60. The summed E-state index contributed by atoms with van der Waals surface area (Å²) in [5.74, 6) is -0.824. The molecule has 0 saturated carbocycles. The third-order valence-corrected chi connectivity index (χ3v) is 5.85. The Hall–Kier alpha value is -2.83. The number of carbonyl (C=O) groups excluding carboxylic acids is 2. The summed E-state index contributed by atoms with van der Waals surface area (Å²) in [6.07, 6.45) is 2.65. The summed E-state index contributed by atoms with van der Waals surface area (Å²) in [7, 11) is 3.92. The van der Waals surface area contributed by atoms with Crippen LogP contribution in [0.1, 0.15) is 43.4 Å². The molecule has 2 aromatic carbocycles. The molecule has 0 aromatic heterocycles. The fourth-order valence-corrected chi connectivity index (χ4v) is 4.01. The highest BCUT2D eigenvalue weighted by Crippen LogP contribution is 2.40. The van der Waals surface area contributed by atoms with Crippen LogP contribution in [0.4, 0.5) is 0 Å². The zero-order valence-corrected chi connectivity index (χ0v) is 20.1. The van der Waals surface area contributed by atoms with Gasteiger partial charge in [0.2, 0.25) is 0 Å². The molecule has 6 nitrogen and oxygen atoms in total. The van der Waals surface area contributed by atoms with Gasteiger partial charge in [-0.1, -0.05) is 37.1 Å². The van der Waals surface area contributed by atoms with Crippen molar-refractivity contribution in [2.24, 2.45) is 0 Å². The molecular weight excluding hydrogens is 440 g/mol. The van der Waals surface area contributed by atoms with E-state index in [4.69, 9.17) is 16.3 Å². The molecule has 0 aliphatic carbocycles. The van der Waals surface area contributed by atoms with Gasteiger partial charge in [-0.2, -0.15) is 0 Å². The number of hydrogen-bond acceptors (Lipinski definition) is 5. The molecular formula is C26H31ClN2O4. The molecule has 1 amide bonds. The number of aliphatic hydroxyl groups excluding tert-OH is 1. The first-order valence-electron chi connectivity index (χ1n) is 11.2. The largest absolute Gasteiger partial charge is 0.507 e. The summed E-state index contributed by atoms with van der Waals surface area (Å²) in [6.45, 7) is 3.85. The lowest BCUT2D eigenvalue weighted by atomic mass is 9.95. The number of amides is 1. The minimum Gasteiger partial charge on any atom is -0.507 e. The highest BCUT2D eigenvalue weighted by atomic mass is 35.5. The molecule has 1 fully saturated rings. The Morgan fingerprint density at radius 3 is 2.52 bits per heavy atom. The van der Waals surface area contributed by atoms with E-state index in [0.717, 1.165) is 24.9 Å². The van der Waals surface area contributed by atoms with Gasteiger partial charge in [-0.15, -0.1) is 0 Å². The number of hydrogen-bond donors (Lipinski definition) is 1. The summed E-state index contributed by atoms with van der Waals surface area (Å²) >= 11 is 5.98. The number of ketones is 1. The van der Waals surface area contributed by atoms with Gasteiger partial charge in [-0.05, 0) is 75.4 Å². The van der Waals surface area contributed by atoms with Crippen molar-refractivity contribution in [3.63, 3.8) is 0 Å². The second-order valence-electron chi connectivity index (χ2n) is 8.43. The van der Waals surface area contributed by atoms with Crippen molar-refractivity contribution in [2.45, 2.75) is 32.2 Å². The van der Waals surface area contributed by atoms with Gasteiger partial charge < -0.3 is 19.6 Å². The minimum absolute atomic E-state index is 0.0814. The normalized spacial score (nSPS) is 17.7. The van der Waals surface area contributed by atoms with E-state index in [0.29, 0.717) is 35.9 Å². The zero-order chi connectivity index (χ0) is 24.0. The van der Waals surface area contributed by atoms with Crippen LogP contribution in [-0.2, 0) is 9.59 Å². The molecule has 1 unspecified atom stereocenters. The first-order chi connectivity index (χ1) is 15.8. The maximum absolute atomic E-state index is 13.1. The Bertz CT molecular complexity index is 1020. The highest BCUT2D eigenvalue weighted by Gasteiger charge is 2.45. The maximum atomic E-state index is 13.1. The van der Waals surface area contributed by atoms with Crippen molar-refractivity contribution in [3.05, 3.63) is 70.3 Å². The summed E-state index contributed by atoms with van der Waals surface area (Å²) in [5, 5.41) is 11.6. The number of carbonyl (C=O) groups is 2. The number of halogens is 1. The highest BCUT2D eigenvalue weighted by molar-refractivity contribution is 6.46. The van der Waals surface area contributed by atoms with E-state index in [-0.39, 0.29) is 11.3 Å². The van der Waals surface area contributed by atoms with Gasteiger partial charge in [0.15, 0.2) is 0 Å². The Kier molecular flexibility index (Phi) is 8.53. The van der Waals surface area contributed by atoms with Gasteiger partial charge in [-0.3, -0.25) is 9.59 Å². The summed E-state index contributed by atoms with van der Waals surface area (Å²) < 4.78 is 5.85. The van der Waals surface area contributed by atoms with Gasteiger partial charge in [0.05, 0.1) is 18.2 Å². The van der Waals surface area contributed by atoms with E-state index in [1.54, 1.807) is 29.2 Å². The van der Waals surface area contributed by atoms with Crippen LogP contribution in [-0.4, -0.2) is 60.4 Å².